The topological polar surface area (TPSA) is 49.7 Å². The molecule has 1 heterocycles. The van der Waals surface area contributed by atoms with E-state index in [1.165, 1.54) is 5.57 Å². The second kappa shape index (κ2) is 8.10. The lowest BCUT2D eigenvalue weighted by Gasteiger charge is -2.47. The molecule has 2 atom stereocenters. The summed E-state index contributed by atoms with van der Waals surface area (Å²) in [5, 5.41) is 20.0. The number of allylic oxidation sites excluding steroid dienone is 2. The van der Waals surface area contributed by atoms with Crippen molar-refractivity contribution in [1.82, 2.24) is 0 Å². The molecule has 3 nitrogen and oxygen atoms in total. The Kier molecular flexibility index (Phi) is 6.14. The Hall–Kier alpha value is -1.48. The second-order valence-electron chi connectivity index (χ2n) is 10.1. The van der Waals surface area contributed by atoms with E-state index in [1.54, 1.807) is 0 Å². The molecule has 0 bridgehead atoms. The smallest absolute Gasteiger partial charge is 0.127 e. The first-order valence-corrected chi connectivity index (χ1v) is 11.0. The van der Waals surface area contributed by atoms with Crippen molar-refractivity contribution in [1.29, 1.82) is 0 Å². The largest absolute Gasteiger partial charge is 0.508 e. The number of fused-ring (bicyclic) bond motifs is 3. The molecule has 0 aromatic heterocycles. The van der Waals surface area contributed by atoms with Gasteiger partial charge in [-0.25, -0.2) is 0 Å². The zero-order valence-electron chi connectivity index (χ0n) is 18.3. The van der Waals surface area contributed by atoms with Gasteiger partial charge in [-0.1, -0.05) is 44.8 Å². The zero-order chi connectivity index (χ0) is 20.5. The van der Waals surface area contributed by atoms with Crippen LogP contribution in [0.3, 0.4) is 0 Å². The molecular formula is C25H38O3. The van der Waals surface area contributed by atoms with Crippen LogP contribution in [0.5, 0.6) is 11.5 Å². The van der Waals surface area contributed by atoms with Gasteiger partial charge < -0.3 is 14.9 Å². The summed E-state index contributed by atoms with van der Waals surface area (Å²) in [4.78, 5) is 0. The molecule has 3 rings (SSSR count). The van der Waals surface area contributed by atoms with Gasteiger partial charge in [-0.15, -0.1) is 0 Å². The predicted octanol–water partition coefficient (Wildman–Crippen LogP) is 6.22. The van der Waals surface area contributed by atoms with Crippen molar-refractivity contribution < 1.29 is 14.9 Å². The van der Waals surface area contributed by atoms with Crippen LogP contribution in [0.2, 0.25) is 0 Å². The summed E-state index contributed by atoms with van der Waals surface area (Å²) in [7, 11) is 0. The van der Waals surface area contributed by atoms with E-state index in [0.29, 0.717) is 17.6 Å². The molecule has 0 saturated carbocycles. The molecule has 1 aromatic rings. The minimum atomic E-state index is -0.228. The number of unbranched alkanes of at least 4 members (excludes halogenated alkanes) is 3. The molecule has 0 spiro atoms. The number of ether oxygens (including phenoxy) is 1. The van der Waals surface area contributed by atoms with Crippen LogP contribution in [-0.4, -0.2) is 22.4 Å². The van der Waals surface area contributed by atoms with Gasteiger partial charge in [0, 0.05) is 24.0 Å². The van der Waals surface area contributed by atoms with Gasteiger partial charge in [0.2, 0.25) is 0 Å². The molecule has 3 heteroatoms. The van der Waals surface area contributed by atoms with Gasteiger partial charge >= 0.3 is 0 Å². The Bertz CT molecular complexity index is 730. The van der Waals surface area contributed by atoms with E-state index in [4.69, 9.17) is 9.84 Å². The van der Waals surface area contributed by atoms with Crippen molar-refractivity contribution in [3.05, 3.63) is 34.9 Å². The van der Waals surface area contributed by atoms with E-state index in [0.717, 1.165) is 61.8 Å². The fourth-order valence-electron chi connectivity index (χ4n) is 5.13. The lowest BCUT2D eigenvalue weighted by molar-refractivity contribution is 0.00741. The molecule has 156 valence electrons. The number of phenolic OH excluding ortho intramolecular Hbond substituents is 1. The molecule has 0 saturated heterocycles. The summed E-state index contributed by atoms with van der Waals surface area (Å²) in [6.45, 7) is 11.4. The van der Waals surface area contributed by atoms with Crippen molar-refractivity contribution in [2.45, 2.75) is 96.5 Å². The van der Waals surface area contributed by atoms with Crippen LogP contribution >= 0.6 is 0 Å². The van der Waals surface area contributed by atoms with Crippen LogP contribution in [-0.2, 0) is 5.41 Å². The Morgan fingerprint density at radius 1 is 1.14 bits per heavy atom. The van der Waals surface area contributed by atoms with Crippen LogP contribution in [0.1, 0.15) is 96.6 Å². The normalized spacial score (nSPS) is 23.4. The van der Waals surface area contributed by atoms with E-state index < -0.39 is 0 Å². The number of hydrogen-bond donors (Lipinski definition) is 2. The number of phenols is 1. The van der Waals surface area contributed by atoms with Crippen molar-refractivity contribution in [3.63, 3.8) is 0 Å². The molecule has 2 aliphatic rings. The highest BCUT2D eigenvalue weighted by Crippen LogP contribution is 2.54. The van der Waals surface area contributed by atoms with E-state index in [-0.39, 0.29) is 17.6 Å². The third-order valence-corrected chi connectivity index (χ3v) is 7.00. The fourth-order valence-corrected chi connectivity index (χ4v) is 5.13. The summed E-state index contributed by atoms with van der Waals surface area (Å²) < 4.78 is 6.48. The maximum absolute atomic E-state index is 11.0. The zero-order valence-corrected chi connectivity index (χ0v) is 18.3. The predicted molar refractivity (Wildman–Crippen MR) is 115 cm³/mol. The van der Waals surface area contributed by atoms with Gasteiger partial charge in [-0.2, -0.15) is 0 Å². The van der Waals surface area contributed by atoms with Crippen molar-refractivity contribution in [3.8, 4) is 11.5 Å². The summed E-state index contributed by atoms with van der Waals surface area (Å²) in [5.74, 6) is 2.02. The minimum absolute atomic E-state index is 0.0154. The average molecular weight is 387 g/mol. The van der Waals surface area contributed by atoms with Gasteiger partial charge in [-0.05, 0) is 69.6 Å². The van der Waals surface area contributed by atoms with Gasteiger partial charge in [0.25, 0.3) is 0 Å². The lowest BCUT2D eigenvalue weighted by atomic mass is 9.66. The number of hydrogen-bond acceptors (Lipinski definition) is 3. The highest BCUT2D eigenvalue weighted by molar-refractivity contribution is 5.54. The average Bonchev–Trinajstić information content (AvgIpc) is 2.60. The molecule has 1 aliphatic carbocycles. The summed E-state index contributed by atoms with van der Waals surface area (Å²) in [5.41, 5.74) is 3.34. The number of aliphatic hydroxyl groups is 1. The molecular weight excluding hydrogens is 348 g/mol. The first kappa shape index (κ1) is 21.2. The summed E-state index contributed by atoms with van der Waals surface area (Å²) in [6.07, 6.45) is 9.66. The lowest BCUT2D eigenvalue weighted by Crippen LogP contribution is -2.45. The van der Waals surface area contributed by atoms with E-state index in [2.05, 4.69) is 46.8 Å². The molecule has 1 aliphatic heterocycles. The van der Waals surface area contributed by atoms with Crippen LogP contribution < -0.4 is 4.74 Å². The Balaban J connectivity index is 1.86. The van der Waals surface area contributed by atoms with E-state index in [9.17, 15) is 5.11 Å². The Morgan fingerprint density at radius 2 is 1.86 bits per heavy atom. The molecule has 2 N–H and O–H groups in total. The maximum Gasteiger partial charge on any atom is 0.127 e. The van der Waals surface area contributed by atoms with Crippen LogP contribution in [0.15, 0.2) is 23.8 Å². The van der Waals surface area contributed by atoms with Gasteiger partial charge in [-0.3, -0.25) is 0 Å². The maximum atomic E-state index is 11.0. The minimum Gasteiger partial charge on any atom is -0.508 e. The standard InChI is InChI=1S/C25H38O3/c1-17-10-11-20-19(14-17)23-21(27)15-18(16-22(23)28-25(20,4)5)24(2,3)12-8-6-7-9-13-26/h10,15-16,19-20,26-27H,6-9,11-14H2,1-5H3. The Labute approximate surface area is 170 Å². The first-order chi connectivity index (χ1) is 13.2. The van der Waals surface area contributed by atoms with Crippen molar-refractivity contribution in [2.75, 3.05) is 6.61 Å². The van der Waals surface area contributed by atoms with Crippen LogP contribution in [0.4, 0.5) is 0 Å². The third-order valence-electron chi connectivity index (χ3n) is 7.00. The van der Waals surface area contributed by atoms with Gasteiger partial charge in [0.05, 0.1) is 0 Å². The summed E-state index contributed by atoms with van der Waals surface area (Å²) >= 11 is 0. The van der Waals surface area contributed by atoms with E-state index in [1.807, 2.05) is 6.07 Å². The monoisotopic (exact) mass is 386 g/mol. The van der Waals surface area contributed by atoms with Crippen LogP contribution in [0, 0.1) is 5.92 Å². The number of rotatable bonds is 7. The third kappa shape index (κ3) is 4.25. The number of aromatic hydroxyl groups is 1. The highest BCUT2D eigenvalue weighted by atomic mass is 16.5. The molecule has 0 fully saturated rings. The van der Waals surface area contributed by atoms with Crippen molar-refractivity contribution >= 4 is 0 Å². The number of benzene rings is 1. The van der Waals surface area contributed by atoms with E-state index >= 15 is 0 Å². The fraction of sp³-hybridized carbons (Fsp3) is 0.680. The second-order valence-corrected chi connectivity index (χ2v) is 10.1. The number of aliphatic hydroxyl groups excluding tert-OH is 1. The quantitative estimate of drug-likeness (QED) is 0.432. The molecule has 28 heavy (non-hydrogen) atoms. The summed E-state index contributed by atoms with van der Waals surface area (Å²) in [6, 6.07) is 4.17. The Morgan fingerprint density at radius 3 is 2.57 bits per heavy atom. The SMILES string of the molecule is CC1=CCC2C(C1)c1c(O)cc(C(C)(C)CCCCCCO)cc1OC2(C)C. The van der Waals surface area contributed by atoms with Crippen molar-refractivity contribution in [2.24, 2.45) is 5.92 Å². The molecule has 0 radical (unpaired) electrons. The first-order valence-electron chi connectivity index (χ1n) is 11.0. The molecule has 1 aromatic carbocycles. The molecule has 0 amide bonds. The van der Waals surface area contributed by atoms with Crippen LogP contribution in [0.25, 0.3) is 0 Å². The van der Waals surface area contributed by atoms with Gasteiger partial charge in [0.1, 0.15) is 17.1 Å². The molecule has 2 unspecified atom stereocenters. The highest BCUT2D eigenvalue weighted by Gasteiger charge is 2.46. The van der Waals surface area contributed by atoms with Gasteiger partial charge in [0.15, 0.2) is 0 Å².